The minimum atomic E-state index is -3.62. The second-order valence-electron chi connectivity index (χ2n) is 6.82. The summed E-state index contributed by atoms with van der Waals surface area (Å²) in [6, 6.07) is -2.34. The highest BCUT2D eigenvalue weighted by molar-refractivity contribution is 5.61. The predicted molar refractivity (Wildman–Crippen MR) is 112 cm³/mol. The van der Waals surface area contributed by atoms with Gasteiger partial charge in [0.1, 0.15) is 9.85 Å². The van der Waals surface area contributed by atoms with Gasteiger partial charge >= 0.3 is 18.0 Å². The van der Waals surface area contributed by atoms with Crippen molar-refractivity contribution < 1.29 is 19.6 Å². The molecule has 0 aliphatic heterocycles. The van der Waals surface area contributed by atoms with Crippen LogP contribution >= 0.6 is 0 Å². The van der Waals surface area contributed by atoms with E-state index >= 15 is 0 Å². The molecule has 0 bridgehead atoms. The minimum Gasteiger partial charge on any atom is -0.273 e. The monoisotopic (exact) mass is 424 g/mol. The number of allylic oxidation sites excluding steroid dienone is 5. The summed E-state index contributed by atoms with van der Waals surface area (Å²) in [5.41, 5.74) is -3.62. The molecule has 0 saturated carbocycles. The van der Waals surface area contributed by atoms with Gasteiger partial charge in [-0.25, -0.2) is 0 Å². The molecule has 0 spiro atoms. The summed E-state index contributed by atoms with van der Waals surface area (Å²) in [4.78, 5) is 39.5. The van der Waals surface area contributed by atoms with Gasteiger partial charge in [0.15, 0.2) is 0 Å². The summed E-state index contributed by atoms with van der Waals surface area (Å²) in [7, 11) is 0. The fourth-order valence-electron chi connectivity index (χ4n) is 2.78. The predicted octanol–water partition coefficient (Wildman–Crippen LogP) is 4.58. The SMILES string of the molecule is CCCCCCCC/C=C/C/C=C/C/C=C/CC([N+](=O)[O-])C([C]=O)([N+](=O)[O-])[N+](=O)[O-]. The summed E-state index contributed by atoms with van der Waals surface area (Å²) >= 11 is 0. The summed E-state index contributed by atoms with van der Waals surface area (Å²) in [6.07, 6.45) is 20.4. The van der Waals surface area contributed by atoms with E-state index in [1.54, 1.807) is 0 Å². The van der Waals surface area contributed by atoms with Gasteiger partial charge in [-0.1, -0.05) is 75.5 Å². The Kier molecular flexibility index (Phi) is 14.4. The van der Waals surface area contributed by atoms with Crippen molar-refractivity contribution in [1.29, 1.82) is 0 Å². The zero-order chi connectivity index (χ0) is 22.8. The Hall–Kier alpha value is -2.91. The molecule has 0 rings (SSSR count). The van der Waals surface area contributed by atoms with E-state index in [0.29, 0.717) is 12.7 Å². The topological polar surface area (TPSA) is 146 Å². The average Bonchev–Trinajstić information content (AvgIpc) is 2.69. The zero-order valence-corrected chi connectivity index (χ0v) is 17.3. The molecule has 0 aromatic rings. The summed E-state index contributed by atoms with van der Waals surface area (Å²) in [6.45, 7) is 2.19. The lowest BCUT2D eigenvalue weighted by atomic mass is 10.00. The molecule has 0 heterocycles. The van der Waals surface area contributed by atoms with Gasteiger partial charge in [-0.05, 0) is 25.7 Å². The maximum Gasteiger partial charge on any atom is 0.589 e. The molecule has 0 saturated heterocycles. The molecule has 0 aromatic heterocycles. The van der Waals surface area contributed by atoms with Crippen LogP contribution < -0.4 is 0 Å². The third-order valence-electron chi connectivity index (χ3n) is 4.55. The first kappa shape index (κ1) is 27.1. The number of nitro groups is 3. The molecule has 1 radical (unpaired) electrons. The highest BCUT2D eigenvalue weighted by Crippen LogP contribution is 2.20. The van der Waals surface area contributed by atoms with Crippen molar-refractivity contribution in [2.24, 2.45) is 0 Å². The molecular formula is C20H30N3O7. The molecule has 0 amide bonds. The molecule has 0 aromatic carbocycles. The van der Waals surface area contributed by atoms with E-state index in [-0.39, 0.29) is 0 Å². The first-order chi connectivity index (χ1) is 14.3. The molecular weight excluding hydrogens is 394 g/mol. The summed E-state index contributed by atoms with van der Waals surface area (Å²) < 4.78 is 0. The lowest BCUT2D eigenvalue weighted by Crippen LogP contribution is -2.59. The fourth-order valence-corrected chi connectivity index (χ4v) is 2.78. The highest BCUT2D eigenvalue weighted by atomic mass is 16.7. The number of carbonyl (C=O) groups excluding carboxylic acids is 1. The van der Waals surface area contributed by atoms with Crippen LogP contribution in [0.2, 0.25) is 0 Å². The Bertz CT molecular complexity index is 630. The van der Waals surface area contributed by atoms with Gasteiger partial charge in [-0.2, -0.15) is 0 Å². The van der Waals surface area contributed by atoms with E-state index in [1.165, 1.54) is 50.7 Å². The summed E-state index contributed by atoms with van der Waals surface area (Å²) in [5.74, 6) is 0. The standard InChI is InChI=1S/C20H30N3O7/c1-2-3-4-5-6-7-8-9-10-11-12-13-14-15-16-17-19(21(25)26)20(18-24,22(27)28)23(29)30/h9-10,12-13,15-16,19H,2-8,11,14,17H2,1H3/b10-9+,13-12+,16-15+. The van der Waals surface area contributed by atoms with Crippen molar-refractivity contribution in [3.63, 3.8) is 0 Å². The van der Waals surface area contributed by atoms with Crippen LogP contribution in [-0.4, -0.2) is 32.8 Å². The van der Waals surface area contributed by atoms with Crippen LogP contribution in [0, 0.1) is 30.3 Å². The third-order valence-corrected chi connectivity index (χ3v) is 4.55. The maximum absolute atomic E-state index is 11.1. The maximum atomic E-state index is 11.1. The quantitative estimate of drug-likeness (QED) is 0.103. The van der Waals surface area contributed by atoms with Crippen molar-refractivity contribution in [3.05, 3.63) is 66.8 Å². The van der Waals surface area contributed by atoms with E-state index in [1.807, 2.05) is 12.2 Å². The highest BCUT2D eigenvalue weighted by Gasteiger charge is 2.71. The molecule has 0 N–H and O–H groups in total. The van der Waals surface area contributed by atoms with Gasteiger partial charge in [-0.15, -0.1) is 0 Å². The number of hydrogen-bond acceptors (Lipinski definition) is 7. The van der Waals surface area contributed by atoms with Gasteiger partial charge in [-0.3, -0.25) is 35.1 Å². The van der Waals surface area contributed by atoms with Crippen LogP contribution in [-0.2, 0) is 4.79 Å². The van der Waals surface area contributed by atoms with Crippen molar-refractivity contribution in [1.82, 2.24) is 0 Å². The largest absolute Gasteiger partial charge is 0.589 e. The van der Waals surface area contributed by atoms with Gasteiger partial charge in [0.2, 0.25) is 0 Å². The van der Waals surface area contributed by atoms with E-state index < -0.39 is 32.9 Å². The van der Waals surface area contributed by atoms with Gasteiger partial charge in [0.05, 0.1) is 0 Å². The molecule has 1 unspecified atom stereocenters. The van der Waals surface area contributed by atoms with E-state index in [2.05, 4.69) is 19.1 Å². The van der Waals surface area contributed by atoms with E-state index in [0.717, 1.165) is 12.8 Å². The van der Waals surface area contributed by atoms with Crippen LogP contribution in [0.15, 0.2) is 36.5 Å². The molecule has 167 valence electrons. The Morgan fingerprint density at radius 3 is 1.80 bits per heavy atom. The van der Waals surface area contributed by atoms with Crippen LogP contribution in [0.4, 0.5) is 0 Å². The van der Waals surface area contributed by atoms with Crippen molar-refractivity contribution in [2.75, 3.05) is 0 Å². The smallest absolute Gasteiger partial charge is 0.273 e. The molecule has 10 nitrogen and oxygen atoms in total. The summed E-state index contributed by atoms with van der Waals surface area (Å²) in [5, 5.41) is 33.0. The lowest BCUT2D eigenvalue weighted by molar-refractivity contribution is -0.810. The molecule has 0 aliphatic rings. The van der Waals surface area contributed by atoms with Gasteiger partial charge in [0, 0.05) is 11.3 Å². The fraction of sp³-hybridized carbons (Fsp3) is 0.650. The first-order valence-electron chi connectivity index (χ1n) is 10.1. The lowest BCUT2D eigenvalue weighted by Gasteiger charge is -2.13. The number of rotatable bonds is 18. The van der Waals surface area contributed by atoms with E-state index in [4.69, 9.17) is 0 Å². The van der Waals surface area contributed by atoms with E-state index in [9.17, 15) is 35.1 Å². The number of unbranched alkanes of at least 4 members (excludes halogenated alkanes) is 6. The first-order valence-corrected chi connectivity index (χ1v) is 10.1. The number of nitrogens with zero attached hydrogens (tertiary/aromatic N) is 3. The Morgan fingerprint density at radius 1 is 0.800 bits per heavy atom. The molecule has 0 aliphatic carbocycles. The Balaban J connectivity index is 4.35. The second kappa shape index (κ2) is 15.9. The second-order valence-corrected chi connectivity index (χ2v) is 6.82. The van der Waals surface area contributed by atoms with Gasteiger partial charge in [0.25, 0.3) is 0 Å². The number of hydrogen-bond donors (Lipinski definition) is 0. The Morgan fingerprint density at radius 2 is 1.30 bits per heavy atom. The van der Waals surface area contributed by atoms with Crippen LogP contribution in [0.1, 0.15) is 71.1 Å². The van der Waals surface area contributed by atoms with Crippen molar-refractivity contribution in [3.8, 4) is 0 Å². The van der Waals surface area contributed by atoms with Gasteiger partial charge < -0.3 is 0 Å². The third kappa shape index (κ3) is 9.53. The minimum absolute atomic E-state index is 0.407. The van der Waals surface area contributed by atoms with Crippen LogP contribution in [0.25, 0.3) is 0 Å². The molecule has 10 heteroatoms. The van der Waals surface area contributed by atoms with Crippen molar-refractivity contribution >= 4 is 6.29 Å². The average molecular weight is 424 g/mol. The normalized spacial score (nSPS) is 13.2. The molecule has 30 heavy (non-hydrogen) atoms. The van der Waals surface area contributed by atoms with Crippen LogP contribution in [0.5, 0.6) is 0 Å². The molecule has 0 fully saturated rings. The van der Waals surface area contributed by atoms with Crippen molar-refractivity contribution in [2.45, 2.75) is 82.8 Å². The molecule has 1 atom stereocenters. The Labute approximate surface area is 176 Å². The van der Waals surface area contributed by atoms with Crippen LogP contribution in [0.3, 0.4) is 0 Å². The zero-order valence-electron chi connectivity index (χ0n) is 17.3.